The van der Waals surface area contributed by atoms with Gasteiger partial charge in [0.2, 0.25) is 0 Å². The molecule has 0 saturated carbocycles. The topological polar surface area (TPSA) is 0 Å². The largest absolute Gasteiger partial charge is 1.00 e. The molecule has 0 radical (unpaired) electrons. The third-order valence-corrected chi connectivity index (χ3v) is 3.58. The van der Waals surface area contributed by atoms with Crippen molar-refractivity contribution in [3.63, 3.8) is 0 Å². The molecule has 0 N–H and O–H groups in total. The number of allylic oxidation sites excluding steroid dienone is 12. The van der Waals surface area contributed by atoms with E-state index in [-0.39, 0.29) is 24.8 Å². The molecule has 150 valence electrons. The van der Waals surface area contributed by atoms with E-state index < -0.39 is 0 Å². The van der Waals surface area contributed by atoms with Gasteiger partial charge in [0.15, 0.2) is 0 Å². The van der Waals surface area contributed by atoms with Crippen LogP contribution in [0.4, 0.5) is 0 Å². The molecule has 0 spiro atoms. The summed E-state index contributed by atoms with van der Waals surface area (Å²) in [6.07, 6.45) is 19.0. The molecule has 0 aromatic carbocycles. The molecule has 0 aliphatic heterocycles. The van der Waals surface area contributed by atoms with Crippen LogP contribution in [-0.4, -0.2) is 3.21 Å². The van der Waals surface area contributed by atoms with Crippen LogP contribution in [0.15, 0.2) is 51.7 Å². The minimum atomic E-state index is 0. The standard InChI is InChI=1S/3C7H9.C3H6.2ClH.Zr/c2*1-6-3-4-7(2)5-6;1-6-4-3-5-7(6)2;1-3-2;;;/h2*5H,3H2,1-2H3;4H,5H2,1-2H3;1-2H3;2*1H;/q3*-1;;;;+2/p-2. The normalized spacial score (nSPS) is 15.9. The SMILES string of the molecule is CC1=C(C)C[C-]=C1.CC1=[C-]CC(C)=C1.CC1=[C-]CC(C)=C1.C[C](C)=[Zr+2].[Cl-].[Cl-]. The molecular weight excluding hydrogens is 450 g/mol. The van der Waals surface area contributed by atoms with Crippen molar-refractivity contribution in [1.82, 2.24) is 0 Å². The number of halogens is 2. The predicted molar refractivity (Wildman–Crippen MR) is 109 cm³/mol. The van der Waals surface area contributed by atoms with Gasteiger partial charge in [-0.25, -0.2) is 34.9 Å². The van der Waals surface area contributed by atoms with E-state index in [1.807, 2.05) is 0 Å². The summed E-state index contributed by atoms with van der Waals surface area (Å²) in [5, 5.41) is 0. The van der Waals surface area contributed by atoms with Crippen LogP contribution >= 0.6 is 0 Å². The molecule has 0 fully saturated rings. The van der Waals surface area contributed by atoms with E-state index in [1.54, 1.807) is 24.2 Å². The smallest absolute Gasteiger partial charge is 1.00 e. The van der Waals surface area contributed by atoms with Crippen LogP contribution < -0.4 is 24.8 Å². The van der Waals surface area contributed by atoms with Crippen molar-refractivity contribution < 1.29 is 49.0 Å². The van der Waals surface area contributed by atoms with Crippen LogP contribution in [0, 0.1) is 18.2 Å². The second-order valence-corrected chi connectivity index (χ2v) is 9.50. The van der Waals surface area contributed by atoms with E-state index in [4.69, 9.17) is 0 Å². The Morgan fingerprint density at radius 1 is 0.778 bits per heavy atom. The van der Waals surface area contributed by atoms with Crippen molar-refractivity contribution in [1.29, 1.82) is 0 Å². The van der Waals surface area contributed by atoms with Crippen LogP contribution in [0.2, 0.25) is 0 Å². The molecule has 3 aliphatic rings. The van der Waals surface area contributed by atoms with Crippen LogP contribution in [0.3, 0.4) is 0 Å². The first-order valence-electron chi connectivity index (χ1n) is 8.85. The summed E-state index contributed by atoms with van der Waals surface area (Å²) in [4.78, 5) is 0. The summed E-state index contributed by atoms with van der Waals surface area (Å²) < 4.78 is 1.51. The van der Waals surface area contributed by atoms with Crippen molar-refractivity contribution in [2.24, 2.45) is 0 Å². The molecule has 0 heterocycles. The Balaban J connectivity index is -0.000000283. The Bertz CT molecular complexity index is 603. The zero-order valence-corrected chi connectivity index (χ0v) is 22.1. The quantitative estimate of drug-likeness (QED) is 0.452. The molecule has 3 aliphatic carbocycles. The van der Waals surface area contributed by atoms with Gasteiger partial charge in [-0.1, -0.05) is 34.6 Å². The van der Waals surface area contributed by atoms with Gasteiger partial charge in [0, 0.05) is 0 Å². The minimum Gasteiger partial charge on any atom is -1.00 e. The van der Waals surface area contributed by atoms with E-state index in [1.165, 1.54) is 36.6 Å². The molecular formula is C24H33Cl2Zr-3. The molecule has 0 nitrogen and oxygen atoms in total. The fourth-order valence-electron chi connectivity index (χ4n) is 2.12. The fraction of sp³-hybridized carbons (Fsp3) is 0.458. The van der Waals surface area contributed by atoms with Gasteiger partial charge in [0.1, 0.15) is 0 Å². The maximum Gasteiger partial charge on any atom is -1.00 e. The molecule has 3 heteroatoms. The first-order valence-corrected chi connectivity index (χ1v) is 10.1. The summed E-state index contributed by atoms with van der Waals surface area (Å²) in [6, 6.07) is 0. The van der Waals surface area contributed by atoms with Crippen molar-refractivity contribution in [3.05, 3.63) is 69.9 Å². The fourth-order valence-corrected chi connectivity index (χ4v) is 2.12. The van der Waals surface area contributed by atoms with Crippen LogP contribution in [0.1, 0.15) is 74.7 Å². The number of hydrogen-bond acceptors (Lipinski definition) is 0. The van der Waals surface area contributed by atoms with Gasteiger partial charge in [0.25, 0.3) is 0 Å². The van der Waals surface area contributed by atoms with Crippen LogP contribution in [-0.2, 0) is 24.2 Å². The van der Waals surface area contributed by atoms with Gasteiger partial charge in [-0.2, -0.15) is 16.7 Å². The van der Waals surface area contributed by atoms with E-state index in [9.17, 15) is 0 Å². The number of rotatable bonds is 0. The van der Waals surface area contributed by atoms with Crippen molar-refractivity contribution >= 4 is 3.21 Å². The summed E-state index contributed by atoms with van der Waals surface area (Å²) in [6.45, 7) is 16.9. The van der Waals surface area contributed by atoms with Gasteiger partial charge < -0.3 is 24.8 Å². The second-order valence-electron chi connectivity index (χ2n) is 7.04. The molecule has 0 aromatic rings. The third kappa shape index (κ3) is 18.9. The van der Waals surface area contributed by atoms with E-state index in [0.717, 1.165) is 19.3 Å². The van der Waals surface area contributed by atoms with E-state index >= 15 is 0 Å². The van der Waals surface area contributed by atoms with Gasteiger partial charge >= 0.3 is 41.3 Å². The van der Waals surface area contributed by atoms with Crippen LogP contribution in [0.25, 0.3) is 0 Å². The average molecular weight is 484 g/mol. The zero-order valence-electron chi connectivity index (χ0n) is 18.1. The first kappa shape index (κ1) is 31.5. The zero-order chi connectivity index (χ0) is 19.4. The molecule has 3 rings (SSSR count). The molecule has 0 atom stereocenters. The maximum absolute atomic E-state index is 3.19. The van der Waals surface area contributed by atoms with Crippen molar-refractivity contribution in [3.8, 4) is 0 Å². The second kappa shape index (κ2) is 17.8. The third-order valence-electron chi connectivity index (χ3n) is 3.58. The summed E-state index contributed by atoms with van der Waals surface area (Å²) in [5.74, 6) is 0. The van der Waals surface area contributed by atoms with Gasteiger partial charge in [-0.15, -0.1) is 26.2 Å². The van der Waals surface area contributed by atoms with Gasteiger partial charge in [-0.05, 0) is 0 Å². The van der Waals surface area contributed by atoms with Gasteiger partial charge in [0.05, 0.1) is 0 Å². The summed E-state index contributed by atoms with van der Waals surface area (Å²) in [7, 11) is 0. The Hall–Kier alpha value is -0.227. The Morgan fingerprint density at radius 2 is 1.15 bits per heavy atom. The molecule has 0 aromatic heterocycles. The minimum absolute atomic E-state index is 0. The van der Waals surface area contributed by atoms with Crippen molar-refractivity contribution in [2.45, 2.75) is 74.7 Å². The molecule has 0 bridgehead atoms. The van der Waals surface area contributed by atoms with Crippen molar-refractivity contribution in [2.75, 3.05) is 0 Å². The van der Waals surface area contributed by atoms with Gasteiger partial charge in [-0.3, -0.25) is 18.2 Å². The van der Waals surface area contributed by atoms with Crippen LogP contribution in [0.5, 0.6) is 0 Å². The Kier molecular flexibility index (Phi) is 20.8. The van der Waals surface area contributed by atoms with E-state index in [0.29, 0.717) is 0 Å². The molecule has 27 heavy (non-hydrogen) atoms. The average Bonchev–Trinajstić information content (AvgIpc) is 3.16. The molecule has 0 amide bonds. The number of hydrogen-bond donors (Lipinski definition) is 0. The predicted octanol–water partition coefficient (Wildman–Crippen LogP) is 1.01. The monoisotopic (exact) mass is 481 g/mol. The molecule has 0 unspecified atom stereocenters. The summed E-state index contributed by atoms with van der Waals surface area (Å²) >= 11 is 1.55. The first-order chi connectivity index (χ1) is 11.6. The Labute approximate surface area is 195 Å². The maximum atomic E-state index is 3.19. The summed E-state index contributed by atoms with van der Waals surface area (Å²) in [5.41, 5.74) is 8.28. The van der Waals surface area contributed by atoms with E-state index in [2.05, 4.69) is 91.8 Å². The molecule has 0 saturated heterocycles. The Morgan fingerprint density at radius 3 is 1.22 bits per heavy atom.